The largest absolute Gasteiger partial charge is 0.376 e. The molecule has 2 fully saturated rings. The van der Waals surface area contributed by atoms with Gasteiger partial charge < -0.3 is 20.0 Å². The standard InChI is InChI=1S/C12H22N4O4/c1-7-9-8(2)15(5-17)12(20)14(4)10(9)16(6-18)11(19)13(7)3/h7-10,17-18H,5-6H2,1-4H3/t7-,8+,9-,10+/m1/s1. The summed E-state index contributed by atoms with van der Waals surface area (Å²) in [6.07, 6.45) is -0.496. The minimum atomic E-state index is -0.496. The normalized spacial score (nSPS) is 34.7. The van der Waals surface area contributed by atoms with Gasteiger partial charge in [-0.05, 0) is 13.8 Å². The van der Waals surface area contributed by atoms with Gasteiger partial charge in [0.25, 0.3) is 0 Å². The summed E-state index contributed by atoms with van der Waals surface area (Å²) in [5.74, 6) is -0.0836. The lowest BCUT2D eigenvalue weighted by Crippen LogP contribution is -2.75. The number of urea groups is 2. The Labute approximate surface area is 118 Å². The number of aliphatic hydroxyl groups is 2. The van der Waals surface area contributed by atoms with E-state index in [-0.39, 0.29) is 36.8 Å². The molecule has 0 aromatic heterocycles. The summed E-state index contributed by atoms with van der Waals surface area (Å²) < 4.78 is 0. The van der Waals surface area contributed by atoms with Crippen LogP contribution in [0.5, 0.6) is 0 Å². The smallest absolute Gasteiger partial charge is 0.323 e. The molecule has 0 spiro atoms. The van der Waals surface area contributed by atoms with Crippen molar-refractivity contribution < 1.29 is 19.8 Å². The van der Waals surface area contributed by atoms with Crippen molar-refractivity contribution in [2.45, 2.75) is 32.1 Å². The molecule has 0 aromatic carbocycles. The number of fused-ring (bicyclic) bond motifs is 1. The molecule has 0 aromatic rings. The monoisotopic (exact) mass is 286 g/mol. The fourth-order valence-electron chi connectivity index (χ4n) is 3.36. The molecule has 0 aliphatic carbocycles. The summed E-state index contributed by atoms with van der Waals surface area (Å²) in [5, 5.41) is 18.9. The Morgan fingerprint density at radius 3 is 1.90 bits per heavy atom. The second-order valence-corrected chi connectivity index (χ2v) is 5.48. The Kier molecular flexibility index (Phi) is 3.79. The number of rotatable bonds is 2. The molecular formula is C12H22N4O4. The predicted octanol–water partition coefficient (Wildman–Crippen LogP) is -0.660. The van der Waals surface area contributed by atoms with Gasteiger partial charge in [-0.15, -0.1) is 0 Å². The van der Waals surface area contributed by atoms with E-state index in [4.69, 9.17) is 0 Å². The number of hydrogen-bond acceptors (Lipinski definition) is 4. The Hall–Kier alpha value is -1.54. The van der Waals surface area contributed by atoms with Crippen LogP contribution in [0.2, 0.25) is 0 Å². The summed E-state index contributed by atoms with van der Waals surface area (Å²) in [4.78, 5) is 30.1. The Bertz CT molecular complexity index is 418. The highest BCUT2D eigenvalue weighted by Gasteiger charge is 2.53. The number of aliphatic hydroxyl groups excluding tert-OH is 2. The number of carbonyl (C=O) groups is 2. The first kappa shape index (κ1) is 14.9. The van der Waals surface area contributed by atoms with Crippen LogP contribution in [0, 0.1) is 5.92 Å². The van der Waals surface area contributed by atoms with Gasteiger partial charge in [-0.25, -0.2) is 9.59 Å². The van der Waals surface area contributed by atoms with Crippen molar-refractivity contribution in [3.05, 3.63) is 0 Å². The molecular weight excluding hydrogens is 264 g/mol. The van der Waals surface area contributed by atoms with Crippen molar-refractivity contribution in [1.29, 1.82) is 0 Å². The highest BCUT2D eigenvalue weighted by atomic mass is 16.3. The lowest BCUT2D eigenvalue weighted by molar-refractivity contribution is -0.104. The zero-order valence-electron chi connectivity index (χ0n) is 12.2. The average molecular weight is 286 g/mol. The third-order valence-electron chi connectivity index (χ3n) is 4.68. The fraction of sp³-hybridized carbons (Fsp3) is 0.833. The molecule has 2 saturated heterocycles. The van der Waals surface area contributed by atoms with Gasteiger partial charge in [-0.2, -0.15) is 0 Å². The van der Waals surface area contributed by atoms with Crippen LogP contribution in [0.1, 0.15) is 13.8 Å². The van der Waals surface area contributed by atoms with Gasteiger partial charge in [0.15, 0.2) is 0 Å². The van der Waals surface area contributed by atoms with E-state index in [0.717, 1.165) is 0 Å². The number of amides is 4. The predicted molar refractivity (Wildman–Crippen MR) is 70.4 cm³/mol. The van der Waals surface area contributed by atoms with Crippen LogP contribution < -0.4 is 0 Å². The molecule has 0 radical (unpaired) electrons. The van der Waals surface area contributed by atoms with Crippen molar-refractivity contribution in [3.8, 4) is 0 Å². The molecule has 8 heteroatoms. The molecule has 0 bridgehead atoms. The van der Waals surface area contributed by atoms with Crippen LogP contribution in [0.3, 0.4) is 0 Å². The number of carbonyl (C=O) groups excluding carboxylic acids is 2. The molecule has 2 heterocycles. The topological polar surface area (TPSA) is 87.6 Å². The van der Waals surface area contributed by atoms with Crippen LogP contribution >= 0.6 is 0 Å². The quantitative estimate of drug-likeness (QED) is 0.705. The maximum atomic E-state index is 12.2. The average Bonchev–Trinajstić information content (AvgIpc) is 2.42. The molecule has 2 aliphatic rings. The molecule has 0 unspecified atom stereocenters. The molecule has 0 saturated carbocycles. The van der Waals surface area contributed by atoms with E-state index in [2.05, 4.69) is 0 Å². The zero-order chi connectivity index (χ0) is 15.2. The summed E-state index contributed by atoms with van der Waals surface area (Å²) >= 11 is 0. The lowest BCUT2D eigenvalue weighted by atomic mass is 9.84. The minimum Gasteiger partial charge on any atom is -0.376 e. The van der Waals surface area contributed by atoms with Gasteiger partial charge in [0.2, 0.25) is 0 Å². The van der Waals surface area contributed by atoms with E-state index in [1.807, 2.05) is 13.8 Å². The van der Waals surface area contributed by atoms with Crippen LogP contribution in [0.25, 0.3) is 0 Å². The second kappa shape index (κ2) is 5.10. The first-order valence-electron chi connectivity index (χ1n) is 6.65. The van der Waals surface area contributed by atoms with E-state index in [1.165, 1.54) is 14.7 Å². The Morgan fingerprint density at radius 1 is 0.900 bits per heavy atom. The highest BCUT2D eigenvalue weighted by Crippen LogP contribution is 2.36. The van der Waals surface area contributed by atoms with E-state index in [9.17, 15) is 19.8 Å². The van der Waals surface area contributed by atoms with Crippen LogP contribution in [0.15, 0.2) is 0 Å². The molecule has 2 N–H and O–H groups in total. The summed E-state index contributed by atoms with van der Waals surface area (Å²) in [5.41, 5.74) is 0. The number of hydrogen-bond donors (Lipinski definition) is 2. The van der Waals surface area contributed by atoms with Crippen molar-refractivity contribution >= 4 is 12.1 Å². The van der Waals surface area contributed by atoms with Crippen molar-refractivity contribution in [3.63, 3.8) is 0 Å². The summed E-state index contributed by atoms with van der Waals surface area (Å²) in [7, 11) is 3.26. The highest BCUT2D eigenvalue weighted by molar-refractivity contribution is 5.80. The van der Waals surface area contributed by atoms with Crippen molar-refractivity contribution in [1.82, 2.24) is 19.6 Å². The van der Waals surface area contributed by atoms with Crippen molar-refractivity contribution in [2.24, 2.45) is 5.92 Å². The van der Waals surface area contributed by atoms with Gasteiger partial charge in [-0.1, -0.05) is 0 Å². The molecule has 2 aliphatic heterocycles. The maximum Gasteiger partial charge on any atom is 0.323 e. The lowest BCUT2D eigenvalue weighted by Gasteiger charge is -2.57. The van der Waals surface area contributed by atoms with Gasteiger partial charge in [-0.3, -0.25) is 9.80 Å². The maximum absolute atomic E-state index is 12.2. The van der Waals surface area contributed by atoms with Crippen LogP contribution in [-0.2, 0) is 0 Å². The van der Waals surface area contributed by atoms with Gasteiger partial charge >= 0.3 is 12.1 Å². The molecule has 4 amide bonds. The molecule has 114 valence electrons. The molecule has 20 heavy (non-hydrogen) atoms. The molecule has 2 rings (SSSR count). The van der Waals surface area contributed by atoms with E-state index in [1.54, 1.807) is 19.0 Å². The zero-order valence-corrected chi connectivity index (χ0v) is 12.2. The van der Waals surface area contributed by atoms with Crippen LogP contribution in [0.4, 0.5) is 9.59 Å². The van der Waals surface area contributed by atoms with Gasteiger partial charge in [0.1, 0.15) is 19.6 Å². The van der Waals surface area contributed by atoms with E-state index >= 15 is 0 Å². The fourth-order valence-corrected chi connectivity index (χ4v) is 3.36. The van der Waals surface area contributed by atoms with Gasteiger partial charge in [0, 0.05) is 32.1 Å². The first-order chi connectivity index (χ1) is 9.36. The second-order valence-electron chi connectivity index (χ2n) is 5.48. The third kappa shape index (κ3) is 1.82. The number of nitrogens with zero attached hydrogens (tertiary/aromatic N) is 4. The minimum absolute atomic E-state index is 0.0836. The van der Waals surface area contributed by atoms with E-state index < -0.39 is 12.9 Å². The van der Waals surface area contributed by atoms with Gasteiger partial charge in [0.05, 0.1) is 0 Å². The first-order valence-corrected chi connectivity index (χ1v) is 6.65. The SMILES string of the molecule is C[C@@H]1[C@@H]2[C@H](C)N(CO)C(=O)N(C)[C@H]2N(CO)C(=O)N1C. The summed E-state index contributed by atoms with van der Waals surface area (Å²) in [6, 6.07) is -0.974. The van der Waals surface area contributed by atoms with Crippen LogP contribution in [-0.4, -0.2) is 87.7 Å². The molecule has 4 atom stereocenters. The molecule has 8 nitrogen and oxygen atoms in total. The third-order valence-corrected chi connectivity index (χ3v) is 4.68. The Morgan fingerprint density at radius 2 is 1.40 bits per heavy atom. The Balaban J connectivity index is 2.45. The van der Waals surface area contributed by atoms with Crippen molar-refractivity contribution in [2.75, 3.05) is 27.6 Å². The summed E-state index contributed by atoms with van der Waals surface area (Å²) in [6.45, 7) is 2.96. The van der Waals surface area contributed by atoms with E-state index in [0.29, 0.717) is 0 Å².